The number of pyridine rings is 1. The molecule has 0 saturated heterocycles. The maximum Gasteiger partial charge on any atom is 0.141 e. The molecule has 1 N–H and O–H groups in total. The molecule has 2 heterocycles. The van der Waals surface area contributed by atoms with Gasteiger partial charge in [-0.1, -0.05) is 0 Å². The Hall–Kier alpha value is -1.75. The van der Waals surface area contributed by atoms with E-state index in [-0.39, 0.29) is 17.9 Å². The Morgan fingerprint density at radius 3 is 2.68 bits per heavy atom. The first kappa shape index (κ1) is 13.7. The van der Waals surface area contributed by atoms with Crippen LogP contribution in [-0.4, -0.2) is 20.8 Å². The van der Waals surface area contributed by atoms with Crippen molar-refractivity contribution in [2.24, 2.45) is 0 Å². The number of nitrogens with one attached hydrogen (secondary N) is 1. The molecular weight excluding hydrogens is 243 g/mol. The van der Waals surface area contributed by atoms with Gasteiger partial charge in [0.15, 0.2) is 0 Å². The smallest absolute Gasteiger partial charge is 0.141 e. The van der Waals surface area contributed by atoms with Crippen LogP contribution in [-0.2, 0) is 6.54 Å². The van der Waals surface area contributed by atoms with E-state index in [0.717, 1.165) is 17.9 Å². The minimum absolute atomic E-state index is 0.0805. The van der Waals surface area contributed by atoms with Gasteiger partial charge < -0.3 is 5.32 Å². The molecule has 1 unspecified atom stereocenters. The third-order valence-electron chi connectivity index (χ3n) is 2.89. The first-order valence-electron chi connectivity index (χ1n) is 6.51. The van der Waals surface area contributed by atoms with Gasteiger partial charge in [0.05, 0.1) is 23.6 Å². The summed E-state index contributed by atoms with van der Waals surface area (Å²) < 4.78 is 14.9. The fraction of sp³-hybridized carbons (Fsp3) is 0.429. The van der Waals surface area contributed by atoms with Gasteiger partial charge in [0.2, 0.25) is 0 Å². The van der Waals surface area contributed by atoms with Crippen LogP contribution in [0.25, 0.3) is 0 Å². The first-order chi connectivity index (χ1) is 9.11. The van der Waals surface area contributed by atoms with Crippen LogP contribution in [0.15, 0.2) is 30.6 Å². The van der Waals surface area contributed by atoms with E-state index in [2.05, 4.69) is 29.2 Å². The largest absolute Gasteiger partial charge is 0.301 e. The van der Waals surface area contributed by atoms with Gasteiger partial charge in [-0.05, 0) is 39.0 Å². The van der Waals surface area contributed by atoms with E-state index >= 15 is 0 Å². The van der Waals surface area contributed by atoms with Crippen LogP contribution in [0.4, 0.5) is 4.39 Å². The Labute approximate surface area is 112 Å². The molecule has 0 amide bonds. The van der Waals surface area contributed by atoms with Crippen molar-refractivity contribution in [2.45, 2.75) is 39.4 Å². The van der Waals surface area contributed by atoms with Gasteiger partial charge in [0, 0.05) is 18.8 Å². The molecule has 0 bridgehead atoms. The van der Waals surface area contributed by atoms with Crippen LogP contribution in [0, 0.1) is 5.82 Å². The topological polar surface area (TPSA) is 42.7 Å². The second kappa shape index (κ2) is 5.93. The standard InChI is InChI=1S/C14H19FN4/c1-4-19-13(7-8-17-19)14(18-10(2)3)12-6-5-11(15)9-16-12/h5-10,14,18H,4H2,1-3H3. The third kappa shape index (κ3) is 3.17. The summed E-state index contributed by atoms with van der Waals surface area (Å²) in [5, 5.41) is 7.73. The lowest BCUT2D eigenvalue weighted by molar-refractivity contribution is 0.479. The lowest BCUT2D eigenvalue weighted by Crippen LogP contribution is -2.31. The highest BCUT2D eigenvalue weighted by Gasteiger charge is 2.19. The Morgan fingerprint density at radius 1 is 1.32 bits per heavy atom. The number of hydrogen-bond donors (Lipinski definition) is 1. The highest BCUT2D eigenvalue weighted by molar-refractivity contribution is 5.22. The molecule has 1 atom stereocenters. The summed E-state index contributed by atoms with van der Waals surface area (Å²) in [5.74, 6) is -0.323. The molecule has 0 aliphatic heterocycles. The molecule has 2 aromatic rings. The van der Waals surface area contributed by atoms with E-state index in [1.165, 1.54) is 12.3 Å². The highest BCUT2D eigenvalue weighted by atomic mass is 19.1. The number of hydrogen-bond acceptors (Lipinski definition) is 3. The van der Waals surface area contributed by atoms with Gasteiger partial charge >= 0.3 is 0 Å². The number of rotatable bonds is 5. The lowest BCUT2D eigenvalue weighted by atomic mass is 10.1. The van der Waals surface area contributed by atoms with E-state index in [4.69, 9.17) is 0 Å². The summed E-state index contributed by atoms with van der Waals surface area (Å²) in [6, 6.07) is 5.32. The molecule has 2 rings (SSSR count). The van der Waals surface area contributed by atoms with Crippen molar-refractivity contribution in [1.29, 1.82) is 0 Å². The lowest BCUT2D eigenvalue weighted by Gasteiger charge is -2.21. The van der Waals surface area contributed by atoms with E-state index in [9.17, 15) is 4.39 Å². The molecule has 0 fully saturated rings. The zero-order valence-corrected chi connectivity index (χ0v) is 11.5. The third-order valence-corrected chi connectivity index (χ3v) is 2.89. The fourth-order valence-corrected chi connectivity index (χ4v) is 2.07. The van der Waals surface area contributed by atoms with E-state index in [0.29, 0.717) is 0 Å². The summed E-state index contributed by atoms with van der Waals surface area (Å²) in [4.78, 5) is 4.18. The quantitative estimate of drug-likeness (QED) is 0.900. The zero-order chi connectivity index (χ0) is 13.8. The Morgan fingerprint density at radius 2 is 2.11 bits per heavy atom. The Bertz CT molecular complexity index is 518. The van der Waals surface area contributed by atoms with Crippen molar-refractivity contribution in [3.05, 3.63) is 47.8 Å². The molecule has 2 aromatic heterocycles. The van der Waals surface area contributed by atoms with E-state index in [1.807, 2.05) is 17.7 Å². The molecule has 102 valence electrons. The SMILES string of the molecule is CCn1nccc1C(NC(C)C)c1ccc(F)cn1. The zero-order valence-electron chi connectivity index (χ0n) is 11.5. The summed E-state index contributed by atoms with van der Waals surface area (Å²) in [6.07, 6.45) is 3.02. The molecule has 0 saturated carbocycles. The van der Waals surface area contributed by atoms with Crippen LogP contribution in [0.5, 0.6) is 0 Å². The maximum absolute atomic E-state index is 13.0. The predicted molar refractivity (Wildman–Crippen MR) is 72.2 cm³/mol. The van der Waals surface area contributed by atoms with E-state index in [1.54, 1.807) is 12.3 Å². The fourth-order valence-electron chi connectivity index (χ4n) is 2.07. The summed E-state index contributed by atoms with van der Waals surface area (Å²) in [5.41, 5.74) is 1.83. The highest BCUT2D eigenvalue weighted by Crippen LogP contribution is 2.21. The molecule has 0 aromatic carbocycles. The van der Waals surface area contributed by atoms with Crippen molar-refractivity contribution in [3.8, 4) is 0 Å². The number of halogens is 1. The van der Waals surface area contributed by atoms with Crippen molar-refractivity contribution in [2.75, 3.05) is 0 Å². The molecule has 4 nitrogen and oxygen atoms in total. The number of aromatic nitrogens is 3. The second-order valence-electron chi connectivity index (χ2n) is 4.73. The molecule has 0 spiro atoms. The molecule has 5 heteroatoms. The predicted octanol–water partition coefficient (Wildman–Crippen LogP) is 2.52. The van der Waals surface area contributed by atoms with E-state index < -0.39 is 0 Å². The summed E-state index contributed by atoms with van der Waals surface area (Å²) >= 11 is 0. The Balaban J connectivity index is 2.38. The van der Waals surface area contributed by atoms with Crippen molar-refractivity contribution < 1.29 is 4.39 Å². The normalized spacial score (nSPS) is 12.9. The summed E-state index contributed by atoms with van der Waals surface area (Å²) in [6.45, 7) is 6.98. The van der Waals surface area contributed by atoms with Gasteiger partial charge in [-0.2, -0.15) is 5.10 Å². The average Bonchev–Trinajstić information content (AvgIpc) is 2.85. The van der Waals surface area contributed by atoms with Crippen molar-refractivity contribution in [1.82, 2.24) is 20.1 Å². The molecule has 0 aliphatic rings. The average molecular weight is 262 g/mol. The van der Waals surface area contributed by atoms with Crippen molar-refractivity contribution in [3.63, 3.8) is 0 Å². The first-order valence-corrected chi connectivity index (χ1v) is 6.51. The van der Waals surface area contributed by atoms with Crippen LogP contribution >= 0.6 is 0 Å². The van der Waals surface area contributed by atoms with Gasteiger partial charge in [-0.25, -0.2) is 4.39 Å². The van der Waals surface area contributed by atoms with Gasteiger partial charge in [0.25, 0.3) is 0 Å². The molecule has 0 radical (unpaired) electrons. The Kier molecular flexibility index (Phi) is 4.27. The van der Waals surface area contributed by atoms with Gasteiger partial charge in [-0.15, -0.1) is 0 Å². The summed E-state index contributed by atoms with van der Waals surface area (Å²) in [7, 11) is 0. The van der Waals surface area contributed by atoms with Gasteiger partial charge in [-0.3, -0.25) is 9.67 Å². The van der Waals surface area contributed by atoms with Crippen LogP contribution in [0.1, 0.15) is 38.2 Å². The molecular formula is C14H19FN4. The monoisotopic (exact) mass is 262 g/mol. The maximum atomic E-state index is 13.0. The van der Waals surface area contributed by atoms with Gasteiger partial charge in [0.1, 0.15) is 5.82 Å². The number of aryl methyl sites for hydroxylation is 1. The molecule has 19 heavy (non-hydrogen) atoms. The number of nitrogens with zero attached hydrogens (tertiary/aromatic N) is 3. The van der Waals surface area contributed by atoms with Crippen molar-refractivity contribution >= 4 is 0 Å². The minimum atomic E-state index is -0.323. The second-order valence-corrected chi connectivity index (χ2v) is 4.73. The van der Waals surface area contributed by atoms with Crippen LogP contribution < -0.4 is 5.32 Å². The van der Waals surface area contributed by atoms with Crippen LogP contribution in [0.3, 0.4) is 0 Å². The minimum Gasteiger partial charge on any atom is -0.301 e. The molecule has 0 aliphatic carbocycles. The van der Waals surface area contributed by atoms with Crippen LogP contribution in [0.2, 0.25) is 0 Å².